The molecular weight excluding hydrogens is 260 g/mol. The Balaban J connectivity index is 1.84. The van der Waals surface area contributed by atoms with Crippen LogP contribution in [0.2, 0.25) is 0 Å². The molecule has 0 aliphatic heterocycles. The maximum absolute atomic E-state index is 12.1. The van der Waals surface area contributed by atoms with Crippen LogP contribution in [0.4, 0.5) is 5.69 Å². The predicted molar refractivity (Wildman–Crippen MR) is 87.2 cm³/mol. The third-order valence-corrected chi connectivity index (χ3v) is 3.48. The molecule has 0 radical (unpaired) electrons. The summed E-state index contributed by atoms with van der Waals surface area (Å²) in [5.41, 5.74) is 3.28. The van der Waals surface area contributed by atoms with Gasteiger partial charge < -0.3 is 10.6 Å². The quantitative estimate of drug-likeness (QED) is 0.853. The summed E-state index contributed by atoms with van der Waals surface area (Å²) in [5.74, 6) is -0.0184. The Morgan fingerprint density at radius 1 is 1.00 bits per heavy atom. The molecule has 2 N–H and O–H groups in total. The molecule has 0 aromatic heterocycles. The van der Waals surface area contributed by atoms with Gasteiger partial charge in [0.25, 0.3) is 0 Å². The van der Waals surface area contributed by atoms with Gasteiger partial charge in [0.15, 0.2) is 0 Å². The first-order valence-electron chi connectivity index (χ1n) is 7.36. The van der Waals surface area contributed by atoms with Crippen molar-refractivity contribution < 1.29 is 4.79 Å². The Hall–Kier alpha value is -2.13. The van der Waals surface area contributed by atoms with Gasteiger partial charge in [-0.25, -0.2) is 0 Å². The van der Waals surface area contributed by atoms with Crippen LogP contribution in [0.15, 0.2) is 54.6 Å². The average Bonchev–Trinajstić information content (AvgIpc) is 2.54. The van der Waals surface area contributed by atoms with E-state index in [4.69, 9.17) is 0 Å². The minimum absolute atomic E-state index is 0.0184. The molecule has 0 saturated carbocycles. The Bertz CT molecular complexity index is 564. The fourth-order valence-electron chi connectivity index (χ4n) is 2.03. The molecule has 0 saturated heterocycles. The maximum atomic E-state index is 12.1. The van der Waals surface area contributed by atoms with Crippen LogP contribution in [-0.2, 0) is 17.8 Å². The molecule has 0 spiro atoms. The van der Waals surface area contributed by atoms with Gasteiger partial charge in [-0.1, -0.05) is 49.4 Å². The molecule has 3 nitrogen and oxygen atoms in total. The molecule has 1 amide bonds. The highest BCUT2D eigenvalue weighted by molar-refractivity contribution is 5.94. The second-order valence-corrected chi connectivity index (χ2v) is 5.13. The van der Waals surface area contributed by atoms with E-state index in [9.17, 15) is 4.79 Å². The van der Waals surface area contributed by atoms with Crippen molar-refractivity contribution in [3.8, 4) is 0 Å². The van der Waals surface area contributed by atoms with E-state index in [1.54, 1.807) is 0 Å². The predicted octanol–water partition coefficient (Wildman–Crippen LogP) is 3.37. The molecule has 2 aromatic rings. The van der Waals surface area contributed by atoms with Crippen molar-refractivity contribution in [3.05, 3.63) is 65.7 Å². The van der Waals surface area contributed by atoms with Crippen molar-refractivity contribution in [2.45, 2.75) is 32.9 Å². The van der Waals surface area contributed by atoms with Crippen LogP contribution in [0.1, 0.15) is 25.0 Å². The lowest BCUT2D eigenvalue weighted by atomic mass is 10.1. The standard InChI is InChI=1S/C18H22N2O/c1-3-15-9-11-17(12-10-15)20-18(21)14(2)19-13-16-7-5-4-6-8-16/h4-12,14,19H,3,13H2,1-2H3,(H,20,21). The van der Waals surface area contributed by atoms with E-state index in [1.807, 2.05) is 61.5 Å². The van der Waals surface area contributed by atoms with E-state index in [2.05, 4.69) is 17.6 Å². The number of carbonyl (C=O) groups is 1. The number of anilines is 1. The summed E-state index contributed by atoms with van der Waals surface area (Å²) in [4.78, 5) is 12.1. The number of rotatable bonds is 6. The van der Waals surface area contributed by atoms with Gasteiger partial charge in [0.05, 0.1) is 6.04 Å². The summed E-state index contributed by atoms with van der Waals surface area (Å²) < 4.78 is 0. The first kappa shape index (κ1) is 15.3. The molecule has 0 fully saturated rings. The van der Waals surface area contributed by atoms with Gasteiger partial charge in [-0.15, -0.1) is 0 Å². The minimum Gasteiger partial charge on any atom is -0.325 e. The monoisotopic (exact) mass is 282 g/mol. The molecule has 3 heteroatoms. The van der Waals surface area contributed by atoms with E-state index >= 15 is 0 Å². The molecule has 2 aromatic carbocycles. The molecule has 1 atom stereocenters. The van der Waals surface area contributed by atoms with Gasteiger partial charge in [-0.05, 0) is 36.6 Å². The molecule has 21 heavy (non-hydrogen) atoms. The van der Waals surface area contributed by atoms with Crippen molar-refractivity contribution in [3.63, 3.8) is 0 Å². The Morgan fingerprint density at radius 2 is 1.67 bits per heavy atom. The number of hydrogen-bond acceptors (Lipinski definition) is 2. The zero-order chi connectivity index (χ0) is 15.1. The van der Waals surface area contributed by atoms with Crippen LogP contribution >= 0.6 is 0 Å². The van der Waals surface area contributed by atoms with Crippen LogP contribution in [0.3, 0.4) is 0 Å². The van der Waals surface area contributed by atoms with Crippen LogP contribution in [0.25, 0.3) is 0 Å². The number of carbonyl (C=O) groups excluding carboxylic acids is 1. The zero-order valence-electron chi connectivity index (χ0n) is 12.6. The van der Waals surface area contributed by atoms with Gasteiger partial charge in [0, 0.05) is 12.2 Å². The van der Waals surface area contributed by atoms with Crippen molar-refractivity contribution in [2.75, 3.05) is 5.32 Å². The van der Waals surface area contributed by atoms with Crippen molar-refractivity contribution in [1.29, 1.82) is 0 Å². The van der Waals surface area contributed by atoms with E-state index in [1.165, 1.54) is 11.1 Å². The topological polar surface area (TPSA) is 41.1 Å². The molecular formula is C18H22N2O. The van der Waals surface area contributed by atoms with Crippen molar-refractivity contribution >= 4 is 11.6 Å². The molecule has 0 bridgehead atoms. The first-order valence-corrected chi connectivity index (χ1v) is 7.36. The lowest BCUT2D eigenvalue weighted by Crippen LogP contribution is -2.37. The summed E-state index contributed by atoms with van der Waals surface area (Å²) in [5, 5.41) is 6.16. The van der Waals surface area contributed by atoms with Crippen molar-refractivity contribution in [2.24, 2.45) is 0 Å². The number of hydrogen-bond donors (Lipinski definition) is 2. The summed E-state index contributed by atoms with van der Waals surface area (Å²) in [7, 11) is 0. The van der Waals surface area contributed by atoms with E-state index in [0.717, 1.165) is 12.1 Å². The molecule has 0 aliphatic carbocycles. The highest BCUT2D eigenvalue weighted by Gasteiger charge is 2.12. The van der Waals surface area contributed by atoms with Gasteiger partial charge >= 0.3 is 0 Å². The van der Waals surface area contributed by atoms with Crippen molar-refractivity contribution in [1.82, 2.24) is 5.32 Å². The highest BCUT2D eigenvalue weighted by atomic mass is 16.2. The number of benzene rings is 2. The van der Waals surface area contributed by atoms with Gasteiger partial charge in [-0.3, -0.25) is 4.79 Å². The smallest absolute Gasteiger partial charge is 0.241 e. The highest BCUT2D eigenvalue weighted by Crippen LogP contribution is 2.10. The van der Waals surface area contributed by atoms with E-state index < -0.39 is 0 Å². The molecule has 0 aliphatic rings. The first-order chi connectivity index (χ1) is 10.2. The third kappa shape index (κ3) is 4.72. The fourth-order valence-corrected chi connectivity index (χ4v) is 2.03. The maximum Gasteiger partial charge on any atom is 0.241 e. The lowest BCUT2D eigenvalue weighted by Gasteiger charge is -2.14. The number of amides is 1. The van der Waals surface area contributed by atoms with Crippen LogP contribution in [-0.4, -0.2) is 11.9 Å². The Morgan fingerprint density at radius 3 is 2.29 bits per heavy atom. The van der Waals surface area contributed by atoms with Gasteiger partial charge in [0.1, 0.15) is 0 Å². The second kappa shape index (κ2) is 7.60. The fraction of sp³-hybridized carbons (Fsp3) is 0.278. The Labute approximate surface area is 126 Å². The van der Waals surface area contributed by atoms with Crippen LogP contribution in [0, 0.1) is 0 Å². The van der Waals surface area contributed by atoms with E-state index in [0.29, 0.717) is 6.54 Å². The van der Waals surface area contributed by atoms with E-state index in [-0.39, 0.29) is 11.9 Å². The summed E-state index contributed by atoms with van der Waals surface area (Å²) >= 11 is 0. The average molecular weight is 282 g/mol. The molecule has 110 valence electrons. The molecule has 2 rings (SSSR count). The third-order valence-electron chi connectivity index (χ3n) is 3.48. The van der Waals surface area contributed by atoms with Gasteiger partial charge in [0.2, 0.25) is 5.91 Å². The largest absolute Gasteiger partial charge is 0.325 e. The van der Waals surface area contributed by atoms with Crippen LogP contribution < -0.4 is 10.6 Å². The minimum atomic E-state index is -0.240. The Kier molecular flexibility index (Phi) is 5.52. The summed E-state index contributed by atoms with van der Waals surface area (Å²) in [6.07, 6.45) is 1.00. The zero-order valence-corrected chi connectivity index (χ0v) is 12.6. The van der Waals surface area contributed by atoms with Crippen LogP contribution in [0.5, 0.6) is 0 Å². The van der Waals surface area contributed by atoms with Gasteiger partial charge in [-0.2, -0.15) is 0 Å². The molecule has 1 unspecified atom stereocenters. The SMILES string of the molecule is CCc1ccc(NC(=O)C(C)NCc2ccccc2)cc1. The number of nitrogens with one attached hydrogen (secondary N) is 2. The second-order valence-electron chi connectivity index (χ2n) is 5.13. The normalized spacial score (nSPS) is 11.9. The summed E-state index contributed by atoms with van der Waals surface area (Å²) in [6.45, 7) is 4.67. The molecule has 0 heterocycles. The summed E-state index contributed by atoms with van der Waals surface area (Å²) in [6, 6.07) is 17.8. The lowest BCUT2D eigenvalue weighted by molar-refractivity contribution is -0.117. The number of aryl methyl sites for hydroxylation is 1.